The van der Waals surface area contributed by atoms with Crippen molar-refractivity contribution in [3.63, 3.8) is 0 Å². The summed E-state index contributed by atoms with van der Waals surface area (Å²) >= 11 is 0. The summed E-state index contributed by atoms with van der Waals surface area (Å²) in [6, 6.07) is 8.23. The van der Waals surface area contributed by atoms with Gasteiger partial charge in [0.1, 0.15) is 0 Å². The normalized spacial score (nSPS) is 11.1. The van der Waals surface area contributed by atoms with Crippen LogP contribution in [-0.4, -0.2) is 11.1 Å². The Labute approximate surface area is 89.9 Å². The number of nitrogens with two attached hydrogens (primary N) is 1. The first kappa shape index (κ1) is 10.1. The minimum Gasteiger partial charge on any atom is -0.397 e. The molecule has 3 nitrogen and oxygen atoms in total. The van der Waals surface area contributed by atoms with Crippen LogP contribution in [0, 0.1) is 0 Å². The van der Waals surface area contributed by atoms with E-state index in [0.717, 1.165) is 24.3 Å². The second-order valence-corrected chi connectivity index (χ2v) is 3.76. The largest absolute Gasteiger partial charge is 0.397 e. The molecule has 0 aliphatic heterocycles. The van der Waals surface area contributed by atoms with Gasteiger partial charge in [0.15, 0.2) is 0 Å². The van der Waals surface area contributed by atoms with Crippen molar-refractivity contribution in [1.82, 2.24) is 9.88 Å². The van der Waals surface area contributed by atoms with Gasteiger partial charge in [0, 0.05) is 24.7 Å². The molecule has 2 aromatic rings. The number of rotatable bonds is 3. The molecule has 0 aliphatic carbocycles. The Morgan fingerprint density at radius 3 is 2.87 bits per heavy atom. The highest BCUT2D eigenvalue weighted by Crippen LogP contribution is 2.23. The highest BCUT2D eigenvalue weighted by atomic mass is 15.0. The fourth-order valence-corrected chi connectivity index (χ4v) is 1.93. The molecule has 0 spiro atoms. The molecule has 0 saturated heterocycles. The predicted molar refractivity (Wildman–Crippen MR) is 64.7 cm³/mol. The van der Waals surface area contributed by atoms with Crippen LogP contribution in [0.3, 0.4) is 0 Å². The standard InChI is InChI=1S/C12H17N3/c1-3-14-8-10-7-9-5-4-6-11(13)12(9)15(10)2/h4-7,14H,3,8,13H2,1-2H3. The van der Waals surface area contributed by atoms with Crippen LogP contribution < -0.4 is 11.1 Å². The molecule has 1 aromatic carbocycles. The van der Waals surface area contributed by atoms with Crippen molar-refractivity contribution in [2.45, 2.75) is 13.5 Å². The van der Waals surface area contributed by atoms with E-state index < -0.39 is 0 Å². The van der Waals surface area contributed by atoms with Gasteiger partial charge in [-0.05, 0) is 18.7 Å². The number of aryl methyl sites for hydroxylation is 1. The average molecular weight is 203 g/mol. The first-order valence-corrected chi connectivity index (χ1v) is 5.27. The molecule has 0 atom stereocenters. The summed E-state index contributed by atoms with van der Waals surface area (Å²) in [6.45, 7) is 3.98. The molecular formula is C12H17N3. The molecule has 0 bridgehead atoms. The van der Waals surface area contributed by atoms with Gasteiger partial charge in [0.2, 0.25) is 0 Å². The van der Waals surface area contributed by atoms with E-state index in [9.17, 15) is 0 Å². The summed E-state index contributed by atoms with van der Waals surface area (Å²) in [6.07, 6.45) is 0. The van der Waals surface area contributed by atoms with Crippen molar-refractivity contribution in [1.29, 1.82) is 0 Å². The fraction of sp³-hybridized carbons (Fsp3) is 0.333. The molecule has 15 heavy (non-hydrogen) atoms. The van der Waals surface area contributed by atoms with E-state index in [4.69, 9.17) is 5.73 Å². The maximum Gasteiger partial charge on any atom is 0.0713 e. The number of benzene rings is 1. The Balaban J connectivity index is 2.50. The second-order valence-electron chi connectivity index (χ2n) is 3.76. The smallest absolute Gasteiger partial charge is 0.0713 e. The van der Waals surface area contributed by atoms with Gasteiger partial charge in [-0.15, -0.1) is 0 Å². The number of para-hydroxylation sites is 1. The van der Waals surface area contributed by atoms with Crippen LogP contribution in [0.15, 0.2) is 24.3 Å². The van der Waals surface area contributed by atoms with Crippen LogP contribution in [0.5, 0.6) is 0 Å². The van der Waals surface area contributed by atoms with Crippen LogP contribution in [-0.2, 0) is 13.6 Å². The molecule has 3 N–H and O–H groups in total. The van der Waals surface area contributed by atoms with Gasteiger partial charge >= 0.3 is 0 Å². The van der Waals surface area contributed by atoms with Crippen molar-refractivity contribution in [3.8, 4) is 0 Å². The van der Waals surface area contributed by atoms with E-state index in [1.165, 1.54) is 11.1 Å². The quantitative estimate of drug-likeness (QED) is 0.748. The summed E-state index contributed by atoms with van der Waals surface area (Å²) in [4.78, 5) is 0. The third kappa shape index (κ3) is 1.70. The van der Waals surface area contributed by atoms with Crippen LogP contribution in [0.4, 0.5) is 5.69 Å². The molecule has 80 valence electrons. The van der Waals surface area contributed by atoms with Crippen LogP contribution in [0.2, 0.25) is 0 Å². The number of fused-ring (bicyclic) bond motifs is 1. The zero-order valence-corrected chi connectivity index (χ0v) is 9.25. The van der Waals surface area contributed by atoms with Gasteiger partial charge in [0.05, 0.1) is 11.2 Å². The molecule has 0 fully saturated rings. The Kier molecular flexibility index (Phi) is 2.64. The summed E-state index contributed by atoms with van der Waals surface area (Å²) in [5, 5.41) is 4.54. The van der Waals surface area contributed by atoms with Gasteiger partial charge in [-0.25, -0.2) is 0 Å². The monoisotopic (exact) mass is 203 g/mol. The number of nitrogens with one attached hydrogen (secondary N) is 1. The molecular weight excluding hydrogens is 186 g/mol. The number of nitrogens with zero attached hydrogens (tertiary/aromatic N) is 1. The lowest BCUT2D eigenvalue weighted by Crippen LogP contribution is -2.14. The van der Waals surface area contributed by atoms with Crippen molar-refractivity contribution in [3.05, 3.63) is 30.0 Å². The van der Waals surface area contributed by atoms with Gasteiger partial charge in [-0.3, -0.25) is 0 Å². The summed E-state index contributed by atoms with van der Waals surface area (Å²) in [5.41, 5.74) is 9.20. The minimum absolute atomic E-state index is 0.845. The van der Waals surface area contributed by atoms with E-state index in [0.29, 0.717) is 0 Å². The first-order chi connectivity index (χ1) is 7.24. The van der Waals surface area contributed by atoms with Crippen molar-refractivity contribution in [2.24, 2.45) is 7.05 Å². The fourth-order valence-electron chi connectivity index (χ4n) is 1.93. The number of nitrogen functional groups attached to an aromatic ring is 1. The molecule has 2 rings (SSSR count). The maximum atomic E-state index is 5.96. The third-order valence-electron chi connectivity index (χ3n) is 2.74. The van der Waals surface area contributed by atoms with Crippen molar-refractivity contribution < 1.29 is 0 Å². The van der Waals surface area contributed by atoms with E-state index in [1.54, 1.807) is 0 Å². The van der Waals surface area contributed by atoms with Crippen molar-refractivity contribution >= 4 is 16.6 Å². The molecule has 0 amide bonds. The lowest BCUT2D eigenvalue weighted by molar-refractivity contribution is 0.686. The first-order valence-electron chi connectivity index (χ1n) is 5.27. The lowest BCUT2D eigenvalue weighted by Gasteiger charge is -2.05. The van der Waals surface area contributed by atoms with Gasteiger partial charge in [-0.2, -0.15) is 0 Å². The van der Waals surface area contributed by atoms with Gasteiger partial charge in [-0.1, -0.05) is 19.1 Å². The lowest BCUT2D eigenvalue weighted by atomic mass is 10.2. The molecule has 1 heterocycles. The highest BCUT2D eigenvalue weighted by Gasteiger charge is 2.06. The van der Waals surface area contributed by atoms with E-state index in [1.807, 2.05) is 12.1 Å². The Morgan fingerprint density at radius 1 is 1.40 bits per heavy atom. The average Bonchev–Trinajstić information content (AvgIpc) is 2.54. The van der Waals surface area contributed by atoms with Gasteiger partial charge in [0.25, 0.3) is 0 Å². The van der Waals surface area contributed by atoms with Crippen LogP contribution in [0.25, 0.3) is 10.9 Å². The zero-order chi connectivity index (χ0) is 10.8. The number of hydrogen-bond donors (Lipinski definition) is 2. The second kappa shape index (κ2) is 3.95. The minimum atomic E-state index is 0.845. The zero-order valence-electron chi connectivity index (χ0n) is 9.25. The number of aromatic nitrogens is 1. The highest BCUT2D eigenvalue weighted by molar-refractivity contribution is 5.91. The van der Waals surface area contributed by atoms with Crippen LogP contribution in [0.1, 0.15) is 12.6 Å². The molecule has 0 radical (unpaired) electrons. The van der Waals surface area contributed by atoms with E-state index in [-0.39, 0.29) is 0 Å². The summed E-state index contributed by atoms with van der Waals surface area (Å²) in [5.74, 6) is 0. The molecule has 0 aliphatic rings. The Bertz CT molecular complexity index is 471. The molecule has 1 aromatic heterocycles. The number of anilines is 1. The molecule has 3 heteroatoms. The Morgan fingerprint density at radius 2 is 2.20 bits per heavy atom. The van der Waals surface area contributed by atoms with Crippen molar-refractivity contribution in [2.75, 3.05) is 12.3 Å². The summed E-state index contributed by atoms with van der Waals surface area (Å²) in [7, 11) is 2.06. The van der Waals surface area contributed by atoms with E-state index >= 15 is 0 Å². The topological polar surface area (TPSA) is 43.0 Å². The Hall–Kier alpha value is -1.48. The summed E-state index contributed by atoms with van der Waals surface area (Å²) < 4.78 is 2.16. The third-order valence-corrected chi connectivity index (χ3v) is 2.74. The maximum absolute atomic E-state index is 5.96. The number of hydrogen-bond acceptors (Lipinski definition) is 2. The molecule has 0 unspecified atom stereocenters. The van der Waals surface area contributed by atoms with Crippen LogP contribution >= 0.6 is 0 Å². The van der Waals surface area contributed by atoms with E-state index in [2.05, 4.69) is 36.0 Å². The molecule has 0 saturated carbocycles. The van der Waals surface area contributed by atoms with Gasteiger partial charge < -0.3 is 15.6 Å². The predicted octanol–water partition coefficient (Wildman–Crippen LogP) is 1.87. The SMILES string of the molecule is CCNCc1cc2cccc(N)c2n1C.